The summed E-state index contributed by atoms with van der Waals surface area (Å²) in [5, 5.41) is 13.0. The first-order chi connectivity index (χ1) is 24.2. The molecule has 3 aliphatic rings. The number of hydrogen-bond acceptors (Lipinski definition) is 8. The Hall–Kier alpha value is -4.15. The average molecular weight is 699 g/mol. The molecule has 2 bridgehead atoms. The normalized spacial score (nSPS) is 23.5. The van der Waals surface area contributed by atoms with Crippen LogP contribution in [0.5, 0.6) is 0 Å². The number of amides is 2. The summed E-state index contributed by atoms with van der Waals surface area (Å²) in [6.45, 7) is 14.2. The van der Waals surface area contributed by atoms with Crippen LogP contribution in [0.1, 0.15) is 51.5 Å². The minimum Gasteiger partial charge on any atom is -0.369 e. The molecule has 5 atom stereocenters. The average Bonchev–Trinajstić information content (AvgIpc) is 3.11. The Morgan fingerprint density at radius 2 is 1.80 bits per heavy atom. The Labute approximate surface area is 301 Å². The van der Waals surface area contributed by atoms with Gasteiger partial charge in [0.25, 0.3) is 0 Å². The lowest BCUT2D eigenvalue weighted by atomic mass is 9.59. The number of aromatic nitrogens is 2. The molecule has 4 N–H and O–H groups in total. The standard InChI is InChI=1S/C39H51ClN8O2/c1-4-36(49)44-32-7-5-6-28(22-32)24-42-38-35(40)25-43-39(46-38)45-31-8-10-33(11-9-31)48-16-14-47(15-17-48)13-12-41-37(50)23-34-27(3)20-29-18-26(2)19-30(34)21-29/h4-11,22,25-27,29-30,34H,1,12-21,23-24H2,2-3H3,(H,41,50)(H,44,49)(H2,42,43,45,46)/t26-,27-,29-,30-,34?/m0/s1. The van der Waals surface area contributed by atoms with Gasteiger partial charge in [-0.3, -0.25) is 14.5 Å². The molecule has 3 fully saturated rings. The van der Waals surface area contributed by atoms with Crippen LogP contribution in [-0.2, 0) is 16.1 Å². The van der Waals surface area contributed by atoms with Crippen molar-refractivity contribution in [3.63, 3.8) is 0 Å². The summed E-state index contributed by atoms with van der Waals surface area (Å²) in [5.74, 6) is 4.56. The zero-order valence-corrected chi connectivity index (χ0v) is 30.1. The lowest BCUT2D eigenvalue weighted by Crippen LogP contribution is -2.48. The Bertz CT molecular complexity index is 1620. The first-order valence-electron chi connectivity index (χ1n) is 18.1. The number of hydrogen-bond donors (Lipinski definition) is 4. The predicted molar refractivity (Wildman–Crippen MR) is 203 cm³/mol. The van der Waals surface area contributed by atoms with Gasteiger partial charge in [-0.05, 0) is 103 Å². The van der Waals surface area contributed by atoms with Gasteiger partial charge in [0, 0.05) is 69.3 Å². The van der Waals surface area contributed by atoms with Crippen molar-refractivity contribution in [1.29, 1.82) is 0 Å². The summed E-state index contributed by atoms with van der Waals surface area (Å²) in [6, 6.07) is 15.8. The maximum atomic E-state index is 12.9. The van der Waals surface area contributed by atoms with Crippen LogP contribution < -0.4 is 26.2 Å². The molecule has 6 rings (SSSR count). The molecule has 2 heterocycles. The van der Waals surface area contributed by atoms with Gasteiger partial charge in [-0.1, -0.05) is 44.2 Å². The number of carbonyl (C=O) groups is 2. The van der Waals surface area contributed by atoms with Gasteiger partial charge in [-0.2, -0.15) is 4.98 Å². The van der Waals surface area contributed by atoms with E-state index in [1.807, 2.05) is 36.4 Å². The Morgan fingerprint density at radius 3 is 2.58 bits per heavy atom. The van der Waals surface area contributed by atoms with Gasteiger partial charge in [0.05, 0.1) is 6.20 Å². The second kappa shape index (κ2) is 16.7. The summed E-state index contributed by atoms with van der Waals surface area (Å²) in [5.41, 5.74) is 3.69. The van der Waals surface area contributed by atoms with Crippen LogP contribution in [0.4, 0.5) is 28.8 Å². The van der Waals surface area contributed by atoms with Crippen molar-refractivity contribution in [2.45, 2.75) is 52.5 Å². The van der Waals surface area contributed by atoms with Crippen LogP contribution in [0.15, 0.2) is 67.4 Å². The van der Waals surface area contributed by atoms with Crippen LogP contribution >= 0.6 is 11.6 Å². The van der Waals surface area contributed by atoms with Gasteiger partial charge >= 0.3 is 0 Å². The summed E-state index contributed by atoms with van der Waals surface area (Å²) in [4.78, 5) is 38.3. The third kappa shape index (κ3) is 9.54. The fraction of sp³-hybridized carbons (Fsp3) is 0.487. The van der Waals surface area contributed by atoms with Crippen molar-refractivity contribution < 1.29 is 9.59 Å². The molecular formula is C39H51ClN8O2. The summed E-state index contributed by atoms with van der Waals surface area (Å²) >= 11 is 6.39. The summed E-state index contributed by atoms with van der Waals surface area (Å²) in [7, 11) is 0. The van der Waals surface area contributed by atoms with Crippen LogP contribution in [0.3, 0.4) is 0 Å². The SMILES string of the molecule is C=CC(=O)Nc1cccc(CNc2nc(Nc3ccc(N4CCN(CCNC(=O)CC5[C@H]6C[C@@H](C)C[C@H](C6)C[C@@H]5C)CC4)cc3)ncc2Cl)c1. The fourth-order valence-corrected chi connectivity index (χ4v) is 8.48. The van der Waals surface area contributed by atoms with Gasteiger partial charge in [0.15, 0.2) is 5.82 Å². The van der Waals surface area contributed by atoms with Gasteiger partial charge in [0.2, 0.25) is 17.8 Å². The second-order valence-electron chi connectivity index (χ2n) is 14.5. The van der Waals surface area contributed by atoms with E-state index in [0.29, 0.717) is 47.3 Å². The molecule has 1 aromatic heterocycles. The Kier molecular flexibility index (Phi) is 11.9. The van der Waals surface area contributed by atoms with Crippen LogP contribution in [0, 0.1) is 29.6 Å². The minimum atomic E-state index is -0.260. The maximum Gasteiger partial charge on any atom is 0.247 e. The van der Waals surface area contributed by atoms with E-state index < -0.39 is 0 Å². The zero-order valence-electron chi connectivity index (χ0n) is 29.3. The second-order valence-corrected chi connectivity index (χ2v) is 14.9. The molecule has 10 nitrogen and oxygen atoms in total. The molecule has 0 radical (unpaired) electrons. The maximum absolute atomic E-state index is 12.9. The zero-order chi connectivity index (χ0) is 35.0. The molecule has 3 aromatic rings. The molecule has 2 aromatic carbocycles. The van der Waals surface area contributed by atoms with Crippen LogP contribution in [0.2, 0.25) is 5.02 Å². The lowest BCUT2D eigenvalue weighted by molar-refractivity contribution is -0.124. The van der Waals surface area contributed by atoms with E-state index in [2.05, 4.69) is 73.6 Å². The Morgan fingerprint density at radius 1 is 1.00 bits per heavy atom. The molecule has 0 spiro atoms. The highest BCUT2D eigenvalue weighted by atomic mass is 35.5. The fourth-order valence-electron chi connectivity index (χ4n) is 8.32. The highest BCUT2D eigenvalue weighted by Gasteiger charge is 2.40. The van der Waals surface area contributed by atoms with Crippen molar-refractivity contribution in [3.8, 4) is 0 Å². The molecule has 266 valence electrons. The molecule has 1 unspecified atom stereocenters. The van der Waals surface area contributed by atoms with Crippen molar-refractivity contribution >= 4 is 52.2 Å². The quantitative estimate of drug-likeness (QED) is 0.142. The molecule has 2 aliphatic carbocycles. The number of anilines is 5. The monoisotopic (exact) mass is 698 g/mol. The summed E-state index contributed by atoms with van der Waals surface area (Å²) in [6.07, 6.45) is 8.83. The van der Waals surface area contributed by atoms with E-state index in [0.717, 1.165) is 68.3 Å². The Balaban J connectivity index is 0.921. The minimum absolute atomic E-state index is 0.237. The van der Waals surface area contributed by atoms with Crippen molar-refractivity contribution in [2.24, 2.45) is 29.6 Å². The van der Waals surface area contributed by atoms with Crippen LogP contribution in [0.25, 0.3) is 0 Å². The van der Waals surface area contributed by atoms with E-state index in [1.54, 1.807) is 6.20 Å². The first-order valence-corrected chi connectivity index (χ1v) is 18.5. The summed E-state index contributed by atoms with van der Waals surface area (Å²) < 4.78 is 0. The molecule has 2 amide bonds. The van der Waals surface area contributed by atoms with E-state index in [-0.39, 0.29) is 11.8 Å². The molecule has 11 heteroatoms. The van der Waals surface area contributed by atoms with Gasteiger partial charge < -0.3 is 26.2 Å². The predicted octanol–water partition coefficient (Wildman–Crippen LogP) is 6.95. The van der Waals surface area contributed by atoms with E-state index in [9.17, 15) is 9.59 Å². The number of benzene rings is 2. The van der Waals surface area contributed by atoms with Crippen molar-refractivity contribution in [1.82, 2.24) is 20.2 Å². The topological polar surface area (TPSA) is 115 Å². The molecule has 1 saturated heterocycles. The lowest BCUT2D eigenvalue weighted by Gasteiger charge is -2.46. The number of fused-ring (bicyclic) bond motifs is 2. The molecule has 1 aliphatic heterocycles. The van der Waals surface area contributed by atoms with Crippen molar-refractivity contribution in [3.05, 3.63) is 78.0 Å². The number of nitrogens with one attached hydrogen (secondary N) is 4. The van der Waals surface area contributed by atoms with Gasteiger partial charge in [-0.25, -0.2) is 4.98 Å². The van der Waals surface area contributed by atoms with Gasteiger partial charge in [-0.15, -0.1) is 0 Å². The highest BCUT2D eigenvalue weighted by Crippen LogP contribution is 2.49. The third-order valence-electron chi connectivity index (χ3n) is 10.7. The smallest absolute Gasteiger partial charge is 0.247 e. The first kappa shape index (κ1) is 35.7. The van der Waals surface area contributed by atoms with E-state index >= 15 is 0 Å². The number of halogens is 1. The number of carbonyl (C=O) groups excluding carboxylic acids is 2. The van der Waals surface area contributed by atoms with Gasteiger partial charge in [0.1, 0.15) is 5.02 Å². The molecule has 2 saturated carbocycles. The van der Waals surface area contributed by atoms with Crippen LogP contribution in [-0.4, -0.2) is 66.0 Å². The van der Waals surface area contributed by atoms with E-state index in [4.69, 9.17) is 11.6 Å². The molecular weight excluding hydrogens is 648 g/mol. The largest absolute Gasteiger partial charge is 0.369 e. The molecule has 50 heavy (non-hydrogen) atoms. The number of piperazine rings is 1. The third-order valence-corrected chi connectivity index (χ3v) is 11.0. The highest BCUT2D eigenvalue weighted by molar-refractivity contribution is 6.32. The number of nitrogens with zero attached hydrogens (tertiary/aromatic N) is 4. The number of rotatable bonds is 13. The van der Waals surface area contributed by atoms with Crippen molar-refractivity contribution in [2.75, 3.05) is 60.1 Å². The van der Waals surface area contributed by atoms with E-state index in [1.165, 1.54) is 37.4 Å².